The van der Waals surface area contributed by atoms with Crippen molar-refractivity contribution >= 4 is 17.4 Å². The maximum Gasteiger partial charge on any atom is 0.184 e. The van der Waals surface area contributed by atoms with Gasteiger partial charge in [0.15, 0.2) is 5.78 Å². The molecule has 2 saturated heterocycles. The summed E-state index contributed by atoms with van der Waals surface area (Å²) in [6.45, 7) is 3.60. The molecule has 2 bridgehead atoms. The van der Waals surface area contributed by atoms with Crippen LogP contribution in [0.4, 0.5) is 0 Å². The van der Waals surface area contributed by atoms with Crippen molar-refractivity contribution in [1.29, 1.82) is 0 Å². The Hall–Kier alpha value is -0.120. The van der Waals surface area contributed by atoms with Crippen molar-refractivity contribution in [2.45, 2.75) is 49.4 Å². The molecule has 2 aliphatic heterocycles. The summed E-state index contributed by atoms with van der Waals surface area (Å²) in [6.07, 6.45) is 0.366. The summed E-state index contributed by atoms with van der Waals surface area (Å²) in [5.41, 5.74) is -1.29. The fourth-order valence-corrected chi connectivity index (χ4v) is 2.52. The number of alkyl halides is 1. The van der Waals surface area contributed by atoms with Crippen LogP contribution in [-0.2, 0) is 9.53 Å². The molecule has 74 valence electrons. The fraction of sp³-hybridized carbons (Fsp3) is 0.889. The number of carbonyl (C=O) groups excluding carboxylic acids is 1. The van der Waals surface area contributed by atoms with Gasteiger partial charge in [0.1, 0.15) is 11.5 Å². The molecule has 0 aliphatic carbocycles. The number of hydrogen-bond acceptors (Lipinski definition) is 3. The van der Waals surface area contributed by atoms with Crippen LogP contribution >= 0.6 is 11.6 Å². The second kappa shape index (κ2) is 2.47. The quantitative estimate of drug-likeness (QED) is 0.596. The summed E-state index contributed by atoms with van der Waals surface area (Å²) in [6, 6.07) is 0. The molecule has 3 nitrogen and oxygen atoms in total. The zero-order valence-corrected chi connectivity index (χ0v) is 8.47. The van der Waals surface area contributed by atoms with Crippen LogP contribution < -0.4 is 0 Å². The molecule has 0 saturated carbocycles. The van der Waals surface area contributed by atoms with Gasteiger partial charge in [0.2, 0.25) is 0 Å². The van der Waals surface area contributed by atoms with Crippen molar-refractivity contribution in [3.8, 4) is 0 Å². The Bertz CT molecular complexity index is 244. The first-order valence-electron chi connectivity index (χ1n) is 4.45. The zero-order chi connectivity index (χ0) is 9.85. The number of halogens is 1. The van der Waals surface area contributed by atoms with Crippen molar-refractivity contribution in [3.05, 3.63) is 0 Å². The number of ether oxygens (including phenoxy) is 1. The van der Waals surface area contributed by atoms with E-state index in [0.717, 1.165) is 6.42 Å². The van der Waals surface area contributed by atoms with Crippen LogP contribution in [0.15, 0.2) is 0 Å². The summed E-state index contributed by atoms with van der Waals surface area (Å²) >= 11 is 5.92. The Morgan fingerprint density at radius 1 is 1.46 bits per heavy atom. The molecule has 0 radical (unpaired) electrons. The van der Waals surface area contributed by atoms with Gasteiger partial charge < -0.3 is 9.84 Å². The predicted octanol–water partition coefficient (Wildman–Crippen LogP) is 0.865. The average molecular weight is 205 g/mol. The van der Waals surface area contributed by atoms with E-state index >= 15 is 0 Å². The van der Waals surface area contributed by atoms with Crippen molar-refractivity contribution in [2.75, 3.05) is 0 Å². The van der Waals surface area contributed by atoms with Gasteiger partial charge in [-0.05, 0) is 26.7 Å². The van der Waals surface area contributed by atoms with Crippen LogP contribution in [0.5, 0.6) is 0 Å². The summed E-state index contributed by atoms with van der Waals surface area (Å²) in [4.78, 5) is 11.5. The molecule has 0 aromatic rings. The minimum absolute atomic E-state index is 0.296. The number of Topliss-reactive ketones (excluding diaryl/α,β-unsaturated/α-hetero) is 1. The van der Waals surface area contributed by atoms with E-state index in [0.29, 0.717) is 6.42 Å². The molecule has 4 atom stereocenters. The second-order valence-electron chi connectivity index (χ2n) is 4.39. The Morgan fingerprint density at radius 2 is 2.00 bits per heavy atom. The highest BCUT2D eigenvalue weighted by molar-refractivity contribution is 6.33. The Kier molecular flexibility index (Phi) is 1.79. The molecule has 2 fully saturated rings. The van der Waals surface area contributed by atoms with Crippen LogP contribution in [-0.4, -0.2) is 33.6 Å². The lowest BCUT2D eigenvalue weighted by Crippen LogP contribution is -2.58. The molecule has 0 amide bonds. The normalized spacial score (nSPS) is 55.5. The molecule has 1 N–H and O–H groups in total. The Balaban J connectivity index is 2.40. The first-order chi connectivity index (χ1) is 5.89. The predicted molar refractivity (Wildman–Crippen MR) is 47.8 cm³/mol. The van der Waals surface area contributed by atoms with E-state index in [9.17, 15) is 9.90 Å². The van der Waals surface area contributed by atoms with Crippen LogP contribution in [0.1, 0.15) is 26.7 Å². The summed E-state index contributed by atoms with van der Waals surface area (Å²) < 4.78 is 5.66. The molecule has 0 aromatic heterocycles. The molecular formula is C9H13ClO3. The third-order valence-corrected chi connectivity index (χ3v) is 3.89. The fourth-order valence-electron chi connectivity index (χ4n) is 2.24. The topological polar surface area (TPSA) is 46.5 Å². The molecule has 0 aromatic carbocycles. The van der Waals surface area contributed by atoms with Crippen molar-refractivity contribution < 1.29 is 14.6 Å². The molecule has 2 aliphatic rings. The van der Waals surface area contributed by atoms with E-state index in [1.807, 2.05) is 6.92 Å². The maximum absolute atomic E-state index is 11.5. The first-order valence-corrected chi connectivity index (χ1v) is 4.89. The highest BCUT2D eigenvalue weighted by Crippen LogP contribution is 2.48. The van der Waals surface area contributed by atoms with Gasteiger partial charge in [-0.1, -0.05) is 0 Å². The number of carbonyl (C=O) groups is 1. The van der Waals surface area contributed by atoms with Crippen LogP contribution in [0, 0.1) is 0 Å². The lowest BCUT2D eigenvalue weighted by Gasteiger charge is -2.41. The third kappa shape index (κ3) is 1.07. The van der Waals surface area contributed by atoms with Gasteiger partial charge in [0.25, 0.3) is 0 Å². The Morgan fingerprint density at radius 3 is 2.62 bits per heavy atom. The molecule has 13 heavy (non-hydrogen) atoms. The van der Waals surface area contributed by atoms with Gasteiger partial charge in [-0.25, -0.2) is 0 Å². The molecule has 4 heteroatoms. The molecule has 2 rings (SSSR count). The maximum atomic E-state index is 11.5. The van der Waals surface area contributed by atoms with Crippen LogP contribution in [0.2, 0.25) is 0 Å². The van der Waals surface area contributed by atoms with Crippen LogP contribution in [0.3, 0.4) is 0 Å². The van der Waals surface area contributed by atoms with Gasteiger partial charge in [-0.15, -0.1) is 11.6 Å². The number of aliphatic hydroxyl groups is 1. The molecule has 4 unspecified atom stereocenters. The van der Waals surface area contributed by atoms with Crippen molar-refractivity contribution in [1.82, 2.24) is 0 Å². The minimum Gasteiger partial charge on any atom is -0.382 e. The molecule has 0 spiro atoms. The monoisotopic (exact) mass is 204 g/mol. The standard InChI is InChI=1S/C9H13ClO3/c1-8-3-4-9(2,13-8)7(12)5(11)6(8)10/h6-7,12H,3-4H2,1-2H3. The summed E-state index contributed by atoms with van der Waals surface area (Å²) in [5, 5.41) is 8.94. The largest absolute Gasteiger partial charge is 0.382 e. The van der Waals surface area contributed by atoms with Gasteiger partial charge in [-0.3, -0.25) is 4.79 Å². The number of ketones is 1. The number of aliphatic hydroxyl groups excluding tert-OH is 1. The Labute approximate surface area is 82.0 Å². The first kappa shape index (κ1) is 9.44. The third-order valence-electron chi connectivity index (χ3n) is 3.22. The molecular weight excluding hydrogens is 192 g/mol. The number of hydrogen-bond donors (Lipinski definition) is 1. The van der Waals surface area contributed by atoms with E-state index < -0.39 is 22.7 Å². The van der Waals surface area contributed by atoms with Gasteiger partial charge in [0, 0.05) is 0 Å². The summed E-state index contributed by atoms with van der Waals surface area (Å²) in [5.74, 6) is -0.296. The lowest BCUT2D eigenvalue weighted by molar-refractivity contribution is -0.183. The van der Waals surface area contributed by atoms with E-state index in [1.54, 1.807) is 6.92 Å². The van der Waals surface area contributed by atoms with Crippen molar-refractivity contribution in [3.63, 3.8) is 0 Å². The van der Waals surface area contributed by atoms with E-state index in [2.05, 4.69) is 0 Å². The highest BCUT2D eigenvalue weighted by atomic mass is 35.5. The number of fused-ring (bicyclic) bond motifs is 2. The van der Waals surface area contributed by atoms with E-state index in [1.165, 1.54) is 0 Å². The highest BCUT2D eigenvalue weighted by Gasteiger charge is 2.60. The lowest BCUT2D eigenvalue weighted by atomic mass is 9.90. The summed E-state index contributed by atoms with van der Waals surface area (Å²) in [7, 11) is 0. The minimum atomic E-state index is -1.06. The average Bonchev–Trinajstić information content (AvgIpc) is 2.38. The second-order valence-corrected chi connectivity index (χ2v) is 4.83. The van der Waals surface area contributed by atoms with Gasteiger partial charge in [-0.2, -0.15) is 0 Å². The van der Waals surface area contributed by atoms with Gasteiger partial charge >= 0.3 is 0 Å². The van der Waals surface area contributed by atoms with Crippen molar-refractivity contribution in [2.24, 2.45) is 0 Å². The SMILES string of the molecule is CC12CCC(C)(O1)C(Cl)C(=O)C2O. The zero-order valence-electron chi connectivity index (χ0n) is 7.71. The van der Waals surface area contributed by atoms with Crippen LogP contribution in [0.25, 0.3) is 0 Å². The molecule has 2 heterocycles. The smallest absolute Gasteiger partial charge is 0.184 e. The number of rotatable bonds is 0. The van der Waals surface area contributed by atoms with Gasteiger partial charge in [0.05, 0.1) is 11.2 Å². The van der Waals surface area contributed by atoms with E-state index in [4.69, 9.17) is 16.3 Å². The van der Waals surface area contributed by atoms with E-state index in [-0.39, 0.29) is 5.78 Å².